The minimum absolute atomic E-state index is 0.0305. The molecule has 100 valence electrons. The average molecular weight is 265 g/mol. The fraction of sp³-hybridized carbons (Fsp3) is 0.538. The number of fused-ring (bicyclic) bond motifs is 4. The minimum Gasteiger partial charge on any atom is -0.547 e. The highest BCUT2D eigenvalue weighted by atomic mass is 19.1. The molecule has 1 aromatic rings. The number of ether oxygens (including phenoxy) is 3. The van der Waals surface area contributed by atoms with Crippen molar-refractivity contribution in [3.05, 3.63) is 30.1 Å². The van der Waals surface area contributed by atoms with Gasteiger partial charge in [0.1, 0.15) is 17.9 Å². The van der Waals surface area contributed by atoms with Crippen molar-refractivity contribution in [2.45, 2.75) is 30.9 Å². The van der Waals surface area contributed by atoms with Crippen molar-refractivity contribution in [1.29, 1.82) is 0 Å². The van der Waals surface area contributed by atoms with Crippen molar-refractivity contribution in [1.82, 2.24) is 0 Å². The maximum absolute atomic E-state index is 12.9. The average Bonchev–Trinajstić information content (AvgIpc) is 2.79. The van der Waals surface area contributed by atoms with Gasteiger partial charge in [-0.15, -0.1) is 0 Å². The lowest BCUT2D eigenvalue weighted by Crippen LogP contribution is -2.65. The summed E-state index contributed by atoms with van der Waals surface area (Å²) in [5.74, 6) is 0.0414. The molecule has 3 aliphatic rings. The van der Waals surface area contributed by atoms with Gasteiger partial charge in [-0.25, -0.2) is 4.39 Å². The third-order valence-electron chi connectivity index (χ3n) is 4.29. The molecule has 2 bridgehead atoms. The summed E-state index contributed by atoms with van der Waals surface area (Å²) in [6.07, 6.45) is 0.762. The van der Waals surface area contributed by atoms with E-state index in [1.165, 1.54) is 12.1 Å². The van der Waals surface area contributed by atoms with Gasteiger partial charge in [-0.05, 0) is 18.6 Å². The molecule has 3 saturated heterocycles. The number of halogens is 1. The van der Waals surface area contributed by atoms with Gasteiger partial charge >= 0.3 is 6.92 Å². The van der Waals surface area contributed by atoms with Crippen LogP contribution in [0.2, 0.25) is 0 Å². The molecule has 4 nitrogen and oxygen atoms in total. The lowest BCUT2D eigenvalue weighted by Gasteiger charge is -2.48. The van der Waals surface area contributed by atoms with E-state index in [4.69, 9.17) is 19.2 Å². The summed E-state index contributed by atoms with van der Waals surface area (Å²) in [7, 11) is 0. The molecule has 2 N–H and O–H groups in total. The van der Waals surface area contributed by atoms with E-state index < -0.39 is 6.92 Å². The van der Waals surface area contributed by atoms with E-state index in [2.05, 4.69) is 0 Å². The molecular weight excluding hydrogens is 250 g/mol. The van der Waals surface area contributed by atoms with Gasteiger partial charge in [0, 0.05) is 11.4 Å². The molecule has 3 heterocycles. The number of hydrogen-bond donors (Lipinski definition) is 0. The Bertz CT molecular complexity index is 482. The van der Waals surface area contributed by atoms with Crippen LogP contribution >= 0.6 is 0 Å². The van der Waals surface area contributed by atoms with Crippen LogP contribution in [0, 0.1) is 11.7 Å². The largest absolute Gasteiger partial charge is 0.582 e. The smallest absolute Gasteiger partial charge is 0.547 e. The quantitative estimate of drug-likeness (QED) is 0.550. The van der Waals surface area contributed by atoms with Gasteiger partial charge in [-0.3, -0.25) is 0 Å². The summed E-state index contributed by atoms with van der Waals surface area (Å²) in [5.41, 5.74) is 0.796. The Morgan fingerprint density at radius 1 is 1.21 bits per heavy atom. The first-order valence-electron chi connectivity index (χ1n) is 6.61. The van der Waals surface area contributed by atoms with Gasteiger partial charge in [-0.1, -0.05) is 12.1 Å². The number of hydrogen-bond acceptors (Lipinski definition) is 3. The molecule has 19 heavy (non-hydrogen) atoms. The highest BCUT2D eigenvalue weighted by Gasteiger charge is 2.61. The van der Waals surface area contributed by atoms with Crippen LogP contribution in [0.25, 0.3) is 0 Å². The van der Waals surface area contributed by atoms with E-state index in [9.17, 15) is 4.39 Å². The second-order valence-corrected chi connectivity index (χ2v) is 5.45. The van der Waals surface area contributed by atoms with Gasteiger partial charge in [0.05, 0.1) is 12.7 Å². The van der Waals surface area contributed by atoms with E-state index in [1.807, 2.05) is 0 Å². The maximum Gasteiger partial charge on any atom is 0.582 e. The molecule has 1 aromatic carbocycles. The topological polar surface area (TPSA) is 50.6 Å². The Hall–Kier alpha value is -0.945. The van der Waals surface area contributed by atoms with E-state index in [1.54, 1.807) is 12.1 Å². The Labute approximate surface area is 110 Å². The zero-order chi connectivity index (χ0) is 13.0. The first kappa shape index (κ1) is 11.8. The van der Waals surface area contributed by atoms with Crippen molar-refractivity contribution in [2.75, 3.05) is 6.61 Å². The van der Waals surface area contributed by atoms with Gasteiger partial charge in [0.25, 0.3) is 0 Å². The summed E-state index contributed by atoms with van der Waals surface area (Å²) in [4.78, 5) is 0. The SMILES string of the molecule is [OH2+]B(c1ccc(F)cc1)C1O[C@H]2[C@@H]3OC[C@H](C[C@H]12)O3. The molecule has 6 heteroatoms. The third kappa shape index (κ3) is 1.82. The summed E-state index contributed by atoms with van der Waals surface area (Å²) in [6.45, 7) is 0.159. The van der Waals surface area contributed by atoms with Gasteiger partial charge in [0.15, 0.2) is 6.29 Å². The molecule has 1 unspecified atom stereocenters. The molecule has 0 aliphatic carbocycles. The van der Waals surface area contributed by atoms with E-state index in [0.717, 1.165) is 11.9 Å². The van der Waals surface area contributed by atoms with Crippen LogP contribution in [0.1, 0.15) is 6.42 Å². The molecule has 0 aromatic heterocycles. The molecule has 4 rings (SSSR count). The van der Waals surface area contributed by atoms with Gasteiger partial charge in [-0.2, -0.15) is 0 Å². The molecule has 3 aliphatic heterocycles. The molecule has 0 saturated carbocycles. The molecule has 0 amide bonds. The van der Waals surface area contributed by atoms with Crippen molar-refractivity contribution < 1.29 is 23.6 Å². The summed E-state index contributed by atoms with van der Waals surface area (Å²) in [6, 6.07) is 5.97. The molecule has 0 radical (unpaired) electrons. The van der Waals surface area contributed by atoms with Gasteiger partial charge < -0.3 is 19.2 Å². The molecular formula is C13H15BFO4+. The maximum atomic E-state index is 12.9. The van der Waals surface area contributed by atoms with Crippen LogP contribution < -0.4 is 5.46 Å². The van der Waals surface area contributed by atoms with Crippen LogP contribution in [0.15, 0.2) is 24.3 Å². The second kappa shape index (κ2) is 4.28. The number of rotatable bonds is 2. The highest BCUT2D eigenvalue weighted by Crippen LogP contribution is 2.44. The third-order valence-corrected chi connectivity index (χ3v) is 4.29. The van der Waals surface area contributed by atoms with E-state index >= 15 is 0 Å². The fourth-order valence-electron chi connectivity index (χ4n) is 3.27. The van der Waals surface area contributed by atoms with Crippen LogP contribution in [0.5, 0.6) is 0 Å². The van der Waals surface area contributed by atoms with Crippen LogP contribution in [0.3, 0.4) is 0 Å². The predicted octanol–water partition coefficient (Wildman–Crippen LogP) is -0.183. The Kier molecular flexibility index (Phi) is 2.67. The van der Waals surface area contributed by atoms with Crippen LogP contribution in [0.4, 0.5) is 4.39 Å². The fourth-order valence-corrected chi connectivity index (χ4v) is 3.27. The van der Waals surface area contributed by atoms with Crippen molar-refractivity contribution >= 4 is 12.4 Å². The lowest BCUT2D eigenvalue weighted by molar-refractivity contribution is -0.276. The zero-order valence-corrected chi connectivity index (χ0v) is 10.3. The second-order valence-electron chi connectivity index (χ2n) is 5.45. The Morgan fingerprint density at radius 2 is 2.00 bits per heavy atom. The van der Waals surface area contributed by atoms with Crippen LogP contribution in [-0.2, 0) is 14.2 Å². The standard InChI is InChI=1S/C13H14BFO4/c15-8-3-1-7(2-4-8)14(16)12-10-5-9-6-17-13(18-9)11(10)19-12/h1-4,9-13,16H,5-6H2/p+1/t9-,10-,11+,12?,13+/m0/s1. The zero-order valence-electron chi connectivity index (χ0n) is 10.3. The number of benzene rings is 1. The first-order valence-corrected chi connectivity index (χ1v) is 6.61. The van der Waals surface area contributed by atoms with Crippen LogP contribution in [-0.4, -0.2) is 43.0 Å². The highest BCUT2D eigenvalue weighted by molar-refractivity contribution is 6.67. The summed E-state index contributed by atoms with van der Waals surface area (Å²) in [5, 5.41) is 8.29. The minimum atomic E-state index is -0.473. The van der Waals surface area contributed by atoms with Crippen molar-refractivity contribution in [3.63, 3.8) is 0 Å². The van der Waals surface area contributed by atoms with Crippen molar-refractivity contribution in [2.24, 2.45) is 5.92 Å². The molecule has 0 spiro atoms. The predicted molar refractivity (Wildman–Crippen MR) is 66.8 cm³/mol. The van der Waals surface area contributed by atoms with E-state index in [0.29, 0.717) is 12.5 Å². The summed E-state index contributed by atoms with van der Waals surface area (Å²) < 4.78 is 29.8. The van der Waals surface area contributed by atoms with E-state index in [-0.39, 0.29) is 30.3 Å². The van der Waals surface area contributed by atoms with Gasteiger partial charge in [0.2, 0.25) is 0 Å². The first-order chi connectivity index (χ1) is 9.22. The Balaban J connectivity index is 1.50. The summed E-state index contributed by atoms with van der Waals surface area (Å²) >= 11 is 0. The normalized spacial score (nSPS) is 39.6. The lowest BCUT2D eigenvalue weighted by atomic mass is 9.49. The molecule has 5 atom stereocenters. The monoisotopic (exact) mass is 265 g/mol. The molecule has 3 fully saturated rings. The van der Waals surface area contributed by atoms with Crippen molar-refractivity contribution in [3.8, 4) is 0 Å². The Morgan fingerprint density at radius 3 is 2.79 bits per heavy atom.